The summed E-state index contributed by atoms with van der Waals surface area (Å²) in [5.41, 5.74) is 1.04. The van der Waals surface area contributed by atoms with Gasteiger partial charge in [0.1, 0.15) is 5.78 Å². The Labute approximate surface area is 183 Å². The van der Waals surface area contributed by atoms with Gasteiger partial charge < -0.3 is 5.32 Å². The molecule has 0 saturated carbocycles. The fraction of sp³-hybridized carbons (Fsp3) is 0.160. The number of aryl methyl sites for hydroxylation is 1. The maximum absolute atomic E-state index is 13.6. The maximum Gasteiger partial charge on any atom is 0.418 e. The monoisotopic (exact) mass is 436 g/mol. The number of ketones is 1. The first kappa shape index (κ1) is 22.8. The highest BCUT2D eigenvalue weighted by Gasteiger charge is 2.34. The molecular formula is C25H19F3N2O2. The third kappa shape index (κ3) is 5.82. The van der Waals surface area contributed by atoms with Crippen LogP contribution >= 0.6 is 0 Å². The third-order valence-electron chi connectivity index (χ3n) is 4.80. The molecule has 0 fully saturated rings. The second-order valence-electron chi connectivity index (χ2n) is 7.40. The van der Waals surface area contributed by atoms with E-state index in [2.05, 4.69) is 5.32 Å². The molecule has 0 saturated heterocycles. The number of rotatable bonds is 6. The second kappa shape index (κ2) is 9.48. The molecule has 0 bridgehead atoms. The normalized spacial score (nSPS) is 11.0. The van der Waals surface area contributed by atoms with E-state index in [1.165, 1.54) is 30.3 Å². The predicted molar refractivity (Wildman–Crippen MR) is 114 cm³/mol. The van der Waals surface area contributed by atoms with Gasteiger partial charge >= 0.3 is 6.18 Å². The number of hydrogen-bond donors (Lipinski definition) is 1. The Balaban J connectivity index is 1.78. The van der Waals surface area contributed by atoms with E-state index in [9.17, 15) is 22.8 Å². The fourth-order valence-electron chi connectivity index (χ4n) is 3.28. The van der Waals surface area contributed by atoms with Gasteiger partial charge in [0, 0.05) is 18.4 Å². The van der Waals surface area contributed by atoms with Crippen molar-refractivity contribution in [2.75, 3.05) is 5.32 Å². The molecule has 0 unspecified atom stereocenters. The van der Waals surface area contributed by atoms with Crippen molar-refractivity contribution < 1.29 is 22.8 Å². The van der Waals surface area contributed by atoms with Gasteiger partial charge in [-0.2, -0.15) is 18.4 Å². The lowest BCUT2D eigenvalue weighted by Gasteiger charge is -2.15. The number of nitrogens with one attached hydrogen (secondary N) is 1. The summed E-state index contributed by atoms with van der Waals surface area (Å²) in [4.78, 5) is 24.8. The number of halogens is 3. The van der Waals surface area contributed by atoms with Gasteiger partial charge in [0.15, 0.2) is 0 Å². The summed E-state index contributed by atoms with van der Waals surface area (Å²) in [6, 6.07) is 18.3. The quantitative estimate of drug-likeness (QED) is 0.555. The first-order valence-corrected chi connectivity index (χ1v) is 9.74. The van der Waals surface area contributed by atoms with Crippen LogP contribution in [-0.4, -0.2) is 11.7 Å². The van der Waals surface area contributed by atoms with Gasteiger partial charge in [0.05, 0.1) is 22.9 Å². The SMILES string of the molecule is Cc1cccc(CC(=O)Cc2ccc(NC(=O)c3ccc(C#N)cc3)c(C(F)(F)F)c2)c1. The van der Waals surface area contributed by atoms with Gasteiger partial charge in [0.25, 0.3) is 5.91 Å². The highest BCUT2D eigenvalue weighted by Crippen LogP contribution is 2.36. The molecule has 1 amide bonds. The van der Waals surface area contributed by atoms with E-state index in [0.717, 1.165) is 23.3 Å². The Morgan fingerprint density at radius 3 is 2.19 bits per heavy atom. The minimum absolute atomic E-state index is 0.120. The number of alkyl halides is 3. The first-order valence-electron chi connectivity index (χ1n) is 9.74. The average molecular weight is 436 g/mol. The largest absolute Gasteiger partial charge is 0.418 e. The van der Waals surface area contributed by atoms with Crippen LogP contribution in [-0.2, 0) is 23.8 Å². The number of carbonyl (C=O) groups excluding carboxylic acids is 2. The number of carbonyl (C=O) groups is 2. The smallest absolute Gasteiger partial charge is 0.321 e. The van der Waals surface area contributed by atoms with Crippen molar-refractivity contribution in [1.29, 1.82) is 5.26 Å². The van der Waals surface area contributed by atoms with Gasteiger partial charge in [0.2, 0.25) is 0 Å². The van der Waals surface area contributed by atoms with Crippen molar-refractivity contribution in [3.8, 4) is 6.07 Å². The van der Waals surface area contributed by atoms with Gasteiger partial charge in [-0.3, -0.25) is 9.59 Å². The molecule has 0 aliphatic carbocycles. The molecule has 3 aromatic rings. The number of hydrogen-bond acceptors (Lipinski definition) is 3. The van der Waals surface area contributed by atoms with Crippen molar-refractivity contribution in [3.05, 3.63) is 100 Å². The van der Waals surface area contributed by atoms with Crippen LogP contribution in [0.1, 0.15) is 38.2 Å². The van der Waals surface area contributed by atoms with Crippen LogP contribution in [0.3, 0.4) is 0 Å². The van der Waals surface area contributed by atoms with E-state index in [1.807, 2.05) is 31.2 Å². The Hall–Kier alpha value is -3.92. The number of Topliss-reactive ketones (excluding diaryl/α,β-unsaturated/α-hetero) is 1. The summed E-state index contributed by atoms with van der Waals surface area (Å²) in [5.74, 6) is -0.943. The Morgan fingerprint density at radius 2 is 1.59 bits per heavy atom. The Kier molecular flexibility index (Phi) is 6.74. The molecule has 0 atom stereocenters. The average Bonchev–Trinajstić information content (AvgIpc) is 2.74. The van der Waals surface area contributed by atoms with Crippen LogP contribution in [0.4, 0.5) is 18.9 Å². The van der Waals surface area contributed by atoms with Gasteiger partial charge in [-0.25, -0.2) is 0 Å². The van der Waals surface area contributed by atoms with Crippen LogP contribution in [0.25, 0.3) is 0 Å². The highest BCUT2D eigenvalue weighted by atomic mass is 19.4. The van der Waals surface area contributed by atoms with Gasteiger partial charge in [-0.15, -0.1) is 0 Å². The molecule has 0 spiro atoms. The molecule has 0 heterocycles. The summed E-state index contributed by atoms with van der Waals surface area (Å²) in [5, 5.41) is 11.1. The minimum Gasteiger partial charge on any atom is -0.321 e. The van der Waals surface area contributed by atoms with Crippen molar-refractivity contribution in [1.82, 2.24) is 0 Å². The molecule has 32 heavy (non-hydrogen) atoms. The lowest BCUT2D eigenvalue weighted by atomic mass is 9.99. The zero-order chi connectivity index (χ0) is 23.3. The van der Waals surface area contributed by atoms with Crippen molar-refractivity contribution >= 4 is 17.4 Å². The molecule has 162 valence electrons. The standard InChI is InChI=1S/C25H19F3N2O2/c1-16-3-2-4-18(11-16)12-21(31)13-19-7-10-23(22(14-19)25(26,27)28)30-24(32)20-8-5-17(15-29)6-9-20/h2-11,14H,12-13H2,1H3,(H,30,32). The van der Waals surface area contributed by atoms with Crippen molar-refractivity contribution in [2.24, 2.45) is 0 Å². The lowest BCUT2D eigenvalue weighted by Crippen LogP contribution is -2.17. The molecule has 1 N–H and O–H groups in total. The van der Waals surface area contributed by atoms with Crippen LogP contribution < -0.4 is 5.32 Å². The zero-order valence-corrected chi connectivity index (χ0v) is 17.2. The Bertz CT molecular complexity index is 1190. The summed E-state index contributed by atoms with van der Waals surface area (Å²) in [6.45, 7) is 1.90. The number of anilines is 1. The third-order valence-corrected chi connectivity index (χ3v) is 4.80. The number of nitrogens with zero attached hydrogens (tertiary/aromatic N) is 1. The van der Waals surface area contributed by atoms with Crippen LogP contribution in [0, 0.1) is 18.3 Å². The molecule has 3 rings (SSSR count). The van der Waals surface area contributed by atoms with E-state index >= 15 is 0 Å². The summed E-state index contributed by atoms with van der Waals surface area (Å²) >= 11 is 0. The van der Waals surface area contributed by atoms with E-state index in [4.69, 9.17) is 5.26 Å². The summed E-state index contributed by atoms with van der Waals surface area (Å²) < 4.78 is 40.9. The van der Waals surface area contributed by atoms with E-state index in [0.29, 0.717) is 5.56 Å². The number of benzene rings is 3. The molecule has 0 aromatic heterocycles. The fourth-order valence-corrected chi connectivity index (χ4v) is 3.28. The number of nitriles is 1. The summed E-state index contributed by atoms with van der Waals surface area (Å²) in [6.07, 6.45) is -4.75. The second-order valence-corrected chi connectivity index (χ2v) is 7.40. The molecule has 4 nitrogen and oxygen atoms in total. The van der Waals surface area contributed by atoms with Crippen molar-refractivity contribution in [2.45, 2.75) is 25.9 Å². The molecule has 7 heteroatoms. The predicted octanol–water partition coefficient (Wildman–Crippen LogP) is 5.49. The van der Waals surface area contributed by atoms with Gasteiger partial charge in [-0.1, -0.05) is 35.9 Å². The van der Waals surface area contributed by atoms with E-state index in [-0.39, 0.29) is 29.8 Å². The first-order chi connectivity index (χ1) is 15.2. The van der Waals surface area contributed by atoms with E-state index in [1.54, 1.807) is 6.07 Å². The molecule has 0 radical (unpaired) electrons. The van der Waals surface area contributed by atoms with Gasteiger partial charge in [-0.05, 0) is 54.4 Å². The lowest BCUT2D eigenvalue weighted by molar-refractivity contribution is -0.137. The molecule has 3 aromatic carbocycles. The van der Waals surface area contributed by atoms with Crippen molar-refractivity contribution in [3.63, 3.8) is 0 Å². The van der Waals surface area contributed by atoms with Crippen LogP contribution in [0.15, 0.2) is 66.7 Å². The van der Waals surface area contributed by atoms with Crippen LogP contribution in [0.5, 0.6) is 0 Å². The maximum atomic E-state index is 13.6. The molecular weight excluding hydrogens is 417 g/mol. The molecule has 0 aliphatic rings. The van der Waals surface area contributed by atoms with Crippen LogP contribution in [0.2, 0.25) is 0 Å². The molecule has 0 aliphatic heterocycles. The minimum atomic E-state index is -4.72. The zero-order valence-electron chi connectivity index (χ0n) is 17.2. The topological polar surface area (TPSA) is 70.0 Å². The summed E-state index contributed by atoms with van der Waals surface area (Å²) in [7, 11) is 0. The van der Waals surface area contributed by atoms with E-state index < -0.39 is 23.3 Å². The highest BCUT2D eigenvalue weighted by molar-refractivity contribution is 6.04. The number of amides is 1. The Morgan fingerprint density at radius 1 is 0.938 bits per heavy atom.